The Kier molecular flexibility index (Phi) is 5.06. The second-order valence-electron chi connectivity index (χ2n) is 5.92. The monoisotopic (exact) mass is 359 g/mol. The van der Waals surface area contributed by atoms with Crippen LogP contribution in [0.15, 0.2) is 48.5 Å². The third kappa shape index (κ3) is 4.00. The molecule has 2 N–H and O–H groups in total. The Morgan fingerprint density at radius 2 is 1.92 bits per heavy atom. The Morgan fingerprint density at radius 3 is 2.64 bits per heavy atom. The highest BCUT2D eigenvalue weighted by atomic mass is 32.2. The number of benzene rings is 2. The van der Waals surface area contributed by atoms with Gasteiger partial charge in [-0.05, 0) is 48.7 Å². The number of hydrogen-bond acceptors (Lipinski definition) is 3. The summed E-state index contributed by atoms with van der Waals surface area (Å²) >= 11 is 0. The number of anilines is 2. The average Bonchev–Trinajstić information content (AvgIpc) is 3.03. The van der Waals surface area contributed by atoms with Crippen molar-refractivity contribution in [3.63, 3.8) is 0 Å². The van der Waals surface area contributed by atoms with Crippen molar-refractivity contribution in [1.29, 1.82) is 0 Å². The molecule has 1 amide bonds. The molecule has 1 aliphatic heterocycles. The summed E-state index contributed by atoms with van der Waals surface area (Å²) in [4.78, 5) is 14.4. The number of carbonyl (C=O) groups is 1. The van der Waals surface area contributed by atoms with Crippen molar-refractivity contribution in [2.75, 3.05) is 22.7 Å². The largest absolute Gasteiger partial charge is 0.308 e. The van der Waals surface area contributed by atoms with Crippen LogP contribution in [0.25, 0.3) is 0 Å². The van der Waals surface area contributed by atoms with E-state index in [0.29, 0.717) is 30.8 Å². The van der Waals surface area contributed by atoms with Gasteiger partial charge in [0.25, 0.3) is 16.1 Å². The van der Waals surface area contributed by atoms with Crippen LogP contribution in [0.1, 0.15) is 29.3 Å². The number of carbonyl (C=O) groups excluding carboxylic acids is 1. The fourth-order valence-electron chi connectivity index (χ4n) is 2.84. The van der Waals surface area contributed by atoms with Crippen molar-refractivity contribution < 1.29 is 13.2 Å². The lowest BCUT2D eigenvalue weighted by molar-refractivity contribution is 0.0989. The van der Waals surface area contributed by atoms with Crippen LogP contribution in [0.4, 0.5) is 11.4 Å². The molecule has 1 aliphatic rings. The van der Waals surface area contributed by atoms with Gasteiger partial charge < -0.3 is 4.90 Å². The summed E-state index contributed by atoms with van der Waals surface area (Å²) in [6.45, 7) is 2.88. The first-order valence-corrected chi connectivity index (χ1v) is 9.76. The molecule has 0 fully saturated rings. The number of nitrogens with zero attached hydrogens (tertiary/aromatic N) is 1. The minimum absolute atomic E-state index is 0.0442. The molecule has 25 heavy (non-hydrogen) atoms. The van der Waals surface area contributed by atoms with Crippen LogP contribution in [0.3, 0.4) is 0 Å². The fraction of sp³-hybridized carbons (Fsp3) is 0.278. The Bertz CT molecular complexity index is 866. The van der Waals surface area contributed by atoms with Gasteiger partial charge in [-0.2, -0.15) is 13.1 Å². The second-order valence-corrected chi connectivity index (χ2v) is 7.42. The van der Waals surface area contributed by atoms with Gasteiger partial charge in [-0.15, -0.1) is 0 Å². The molecule has 7 heteroatoms. The van der Waals surface area contributed by atoms with Crippen LogP contribution in [0.5, 0.6) is 0 Å². The lowest BCUT2D eigenvalue weighted by Crippen LogP contribution is -2.30. The zero-order valence-corrected chi connectivity index (χ0v) is 14.8. The van der Waals surface area contributed by atoms with Crippen LogP contribution in [0, 0.1) is 0 Å². The van der Waals surface area contributed by atoms with Crippen LogP contribution in [-0.2, 0) is 16.6 Å². The van der Waals surface area contributed by atoms with Gasteiger partial charge in [0.05, 0.1) is 5.69 Å². The van der Waals surface area contributed by atoms with E-state index in [1.54, 1.807) is 35.2 Å². The molecule has 2 aromatic carbocycles. The summed E-state index contributed by atoms with van der Waals surface area (Å²) in [5.41, 5.74) is 2.93. The molecule has 0 saturated carbocycles. The average molecular weight is 359 g/mol. The van der Waals surface area contributed by atoms with Crippen molar-refractivity contribution in [2.45, 2.75) is 19.8 Å². The zero-order chi connectivity index (χ0) is 17.9. The van der Waals surface area contributed by atoms with E-state index < -0.39 is 10.2 Å². The van der Waals surface area contributed by atoms with E-state index in [2.05, 4.69) is 9.44 Å². The van der Waals surface area contributed by atoms with Gasteiger partial charge in [-0.25, -0.2) is 0 Å². The molecule has 3 rings (SSSR count). The number of rotatable bonds is 6. The van der Waals surface area contributed by atoms with Crippen LogP contribution < -0.4 is 14.3 Å². The predicted octanol–water partition coefficient (Wildman–Crippen LogP) is 2.55. The van der Waals surface area contributed by atoms with Gasteiger partial charge in [0.15, 0.2) is 0 Å². The molecule has 0 saturated heterocycles. The Morgan fingerprint density at radius 1 is 1.16 bits per heavy atom. The molecular formula is C18H21N3O3S. The van der Waals surface area contributed by atoms with Gasteiger partial charge in [0.1, 0.15) is 0 Å². The van der Waals surface area contributed by atoms with E-state index in [1.807, 2.05) is 25.1 Å². The second kappa shape index (κ2) is 7.25. The Balaban J connectivity index is 1.78. The maximum atomic E-state index is 12.6. The maximum absolute atomic E-state index is 12.6. The van der Waals surface area contributed by atoms with Gasteiger partial charge in [-0.3, -0.25) is 9.52 Å². The van der Waals surface area contributed by atoms with Gasteiger partial charge in [0.2, 0.25) is 0 Å². The number of nitrogens with one attached hydrogen (secondary N) is 2. The van der Waals surface area contributed by atoms with Crippen molar-refractivity contribution in [3.8, 4) is 0 Å². The highest BCUT2D eigenvalue weighted by molar-refractivity contribution is 7.90. The third-order valence-corrected chi connectivity index (χ3v) is 5.12. The molecule has 0 bridgehead atoms. The van der Waals surface area contributed by atoms with Crippen LogP contribution in [0.2, 0.25) is 0 Å². The van der Waals surface area contributed by atoms with Gasteiger partial charge in [0, 0.05) is 24.3 Å². The molecule has 132 valence electrons. The summed E-state index contributed by atoms with van der Waals surface area (Å²) in [7, 11) is -3.57. The highest BCUT2D eigenvalue weighted by Gasteiger charge is 2.26. The first-order valence-electron chi connectivity index (χ1n) is 8.27. The lowest BCUT2D eigenvalue weighted by atomic mass is 10.1. The quantitative estimate of drug-likeness (QED) is 0.832. The van der Waals surface area contributed by atoms with Crippen molar-refractivity contribution in [1.82, 2.24) is 4.72 Å². The summed E-state index contributed by atoms with van der Waals surface area (Å²) in [5, 5.41) is 0. The highest BCUT2D eigenvalue weighted by Crippen LogP contribution is 2.31. The fourth-order valence-corrected chi connectivity index (χ4v) is 3.82. The Labute approximate surface area is 148 Å². The third-order valence-electron chi connectivity index (χ3n) is 4.04. The van der Waals surface area contributed by atoms with Gasteiger partial charge in [-0.1, -0.05) is 25.1 Å². The standard InChI is InChI=1S/C18H21N3O3S/c1-2-11-19-25(23,24)20-16-8-9-17-15(13-16)10-12-21(17)18(22)14-6-4-3-5-7-14/h3-9,13,19-20H,2,10-12H2,1H3. The van der Waals surface area contributed by atoms with E-state index in [-0.39, 0.29) is 5.91 Å². The van der Waals surface area contributed by atoms with E-state index in [9.17, 15) is 13.2 Å². The van der Waals surface area contributed by atoms with Crippen LogP contribution in [-0.4, -0.2) is 27.4 Å². The molecule has 6 nitrogen and oxygen atoms in total. The molecule has 0 radical (unpaired) electrons. The minimum Gasteiger partial charge on any atom is -0.308 e. The summed E-state index contributed by atoms with van der Waals surface area (Å²) in [6.07, 6.45) is 1.42. The van der Waals surface area contributed by atoms with E-state index in [0.717, 1.165) is 17.7 Å². The van der Waals surface area contributed by atoms with E-state index in [1.165, 1.54) is 0 Å². The summed E-state index contributed by atoms with van der Waals surface area (Å²) < 4.78 is 28.8. The summed E-state index contributed by atoms with van der Waals surface area (Å²) in [5.74, 6) is -0.0442. The SMILES string of the molecule is CCCNS(=O)(=O)Nc1ccc2c(c1)CCN2C(=O)c1ccccc1. The molecule has 0 spiro atoms. The maximum Gasteiger partial charge on any atom is 0.299 e. The molecule has 1 heterocycles. The molecule has 0 atom stereocenters. The van der Waals surface area contributed by atoms with E-state index >= 15 is 0 Å². The van der Waals surface area contributed by atoms with Crippen LogP contribution >= 0.6 is 0 Å². The van der Waals surface area contributed by atoms with Crippen molar-refractivity contribution in [3.05, 3.63) is 59.7 Å². The Hall–Kier alpha value is -2.38. The molecule has 0 unspecified atom stereocenters. The lowest BCUT2D eigenvalue weighted by Gasteiger charge is -2.18. The molecule has 2 aromatic rings. The normalized spacial score (nSPS) is 13.6. The van der Waals surface area contributed by atoms with E-state index in [4.69, 9.17) is 0 Å². The van der Waals surface area contributed by atoms with Crippen molar-refractivity contribution in [2.24, 2.45) is 0 Å². The molecule has 0 aromatic heterocycles. The summed E-state index contributed by atoms with van der Waals surface area (Å²) in [6, 6.07) is 14.4. The topological polar surface area (TPSA) is 78.5 Å². The van der Waals surface area contributed by atoms with Gasteiger partial charge >= 0.3 is 0 Å². The smallest absolute Gasteiger partial charge is 0.299 e. The zero-order valence-electron chi connectivity index (χ0n) is 14.0. The predicted molar refractivity (Wildman–Crippen MR) is 99.1 cm³/mol. The molecular weight excluding hydrogens is 338 g/mol. The molecule has 0 aliphatic carbocycles. The number of fused-ring (bicyclic) bond motifs is 1. The minimum atomic E-state index is -3.57. The first kappa shape index (κ1) is 17.4. The number of hydrogen-bond donors (Lipinski definition) is 2. The van der Waals surface area contributed by atoms with Crippen molar-refractivity contribution >= 4 is 27.5 Å². The first-order chi connectivity index (χ1) is 12.0. The number of amides is 1.